The number of rotatable bonds is 2. The number of hydrogen-bond donors (Lipinski definition) is 3. The van der Waals surface area contributed by atoms with Gasteiger partial charge in [-0.1, -0.05) is 0 Å². The van der Waals surface area contributed by atoms with Crippen molar-refractivity contribution in [3.05, 3.63) is 29.8 Å². The third kappa shape index (κ3) is 2.95. The standard InChI is InChI=1S/C7H10ClO3P/c8-12(10,11)5-6-3-1-2-4-7(6)9/h1-4,9-12H,5H2. The zero-order valence-electron chi connectivity index (χ0n) is 6.24. The van der Waals surface area contributed by atoms with Gasteiger partial charge >= 0.3 is 74.9 Å². The van der Waals surface area contributed by atoms with Gasteiger partial charge in [0.1, 0.15) is 0 Å². The van der Waals surface area contributed by atoms with Crippen LogP contribution in [0.5, 0.6) is 5.75 Å². The summed E-state index contributed by atoms with van der Waals surface area (Å²) in [6.45, 7) is 0. The second-order valence-electron chi connectivity index (χ2n) is 2.52. The van der Waals surface area contributed by atoms with Gasteiger partial charge in [-0.15, -0.1) is 0 Å². The van der Waals surface area contributed by atoms with E-state index >= 15 is 0 Å². The maximum atomic E-state index is 9.22. The third-order valence-electron chi connectivity index (χ3n) is 1.41. The Kier molecular flexibility index (Phi) is 2.91. The van der Waals surface area contributed by atoms with Crippen molar-refractivity contribution in [2.45, 2.75) is 6.16 Å². The van der Waals surface area contributed by atoms with E-state index in [0.29, 0.717) is 5.56 Å². The van der Waals surface area contributed by atoms with Gasteiger partial charge in [0.25, 0.3) is 0 Å². The van der Waals surface area contributed by atoms with Crippen molar-refractivity contribution in [3.63, 3.8) is 0 Å². The molecule has 0 aliphatic rings. The Morgan fingerprint density at radius 2 is 1.83 bits per heavy atom. The fourth-order valence-corrected chi connectivity index (χ4v) is 2.12. The van der Waals surface area contributed by atoms with E-state index in [2.05, 4.69) is 0 Å². The molecule has 0 aliphatic heterocycles. The van der Waals surface area contributed by atoms with Crippen molar-refractivity contribution in [1.82, 2.24) is 0 Å². The van der Waals surface area contributed by atoms with Crippen LogP contribution < -0.4 is 0 Å². The molecule has 0 unspecified atom stereocenters. The number of aromatic hydroxyl groups is 1. The summed E-state index contributed by atoms with van der Waals surface area (Å²) in [6, 6.07) is 6.44. The Morgan fingerprint density at radius 3 is 2.33 bits per heavy atom. The van der Waals surface area contributed by atoms with Gasteiger partial charge in [0, 0.05) is 0 Å². The van der Waals surface area contributed by atoms with Crippen LogP contribution >= 0.6 is 18.3 Å². The molecule has 0 fully saturated rings. The number of phenolic OH excluding ortho intramolecular Hbond substituents is 1. The van der Waals surface area contributed by atoms with Gasteiger partial charge in [0.15, 0.2) is 0 Å². The van der Waals surface area contributed by atoms with Crippen LogP contribution in [0.15, 0.2) is 24.3 Å². The molecule has 0 spiro atoms. The molecule has 12 heavy (non-hydrogen) atoms. The van der Waals surface area contributed by atoms with Crippen LogP contribution in [0.3, 0.4) is 0 Å². The van der Waals surface area contributed by atoms with E-state index in [1.807, 2.05) is 0 Å². The molecule has 1 rings (SSSR count). The van der Waals surface area contributed by atoms with E-state index < -0.39 is 7.07 Å². The zero-order chi connectivity index (χ0) is 9.19. The summed E-state index contributed by atoms with van der Waals surface area (Å²) in [5, 5.41) is 9.22. The first kappa shape index (κ1) is 9.75. The Labute approximate surface area is 75.5 Å². The molecule has 0 saturated carbocycles. The summed E-state index contributed by atoms with van der Waals surface area (Å²) in [6.07, 6.45) is -0.0682. The van der Waals surface area contributed by atoms with Crippen LogP contribution in [-0.4, -0.2) is 14.9 Å². The summed E-state index contributed by atoms with van der Waals surface area (Å²) in [5.74, 6) is 0.0399. The van der Waals surface area contributed by atoms with Gasteiger partial charge in [-0.3, -0.25) is 0 Å². The molecular weight excluding hydrogens is 199 g/mol. The molecular formula is C7H10ClO3P. The molecule has 0 saturated heterocycles. The van der Waals surface area contributed by atoms with Gasteiger partial charge in [-0.05, 0) is 0 Å². The number of para-hydroxylation sites is 1. The molecule has 1 aromatic carbocycles. The van der Waals surface area contributed by atoms with E-state index in [1.165, 1.54) is 6.07 Å². The second kappa shape index (κ2) is 3.58. The molecule has 0 atom stereocenters. The number of phenols is 1. The second-order valence-corrected chi connectivity index (χ2v) is 6.13. The number of halogens is 1. The Hall–Kier alpha value is -0.340. The normalized spacial score (nSPS) is 12.9. The van der Waals surface area contributed by atoms with Crippen LogP contribution in [0.1, 0.15) is 5.56 Å². The fraction of sp³-hybridized carbons (Fsp3) is 0.143. The quantitative estimate of drug-likeness (QED) is 0.647. The average molecular weight is 209 g/mol. The van der Waals surface area contributed by atoms with Crippen molar-refractivity contribution < 1.29 is 14.9 Å². The number of hydrogen-bond acceptors (Lipinski definition) is 3. The maximum absolute atomic E-state index is 9.22. The predicted octanol–water partition coefficient (Wildman–Crippen LogP) is 1.61. The van der Waals surface area contributed by atoms with Crippen molar-refractivity contribution >= 4 is 18.3 Å². The first-order valence-electron chi connectivity index (χ1n) is 3.39. The van der Waals surface area contributed by atoms with Crippen LogP contribution in [0.25, 0.3) is 0 Å². The minimum absolute atomic E-state index is 0.0399. The Bertz CT molecular complexity index is 272. The molecule has 0 aliphatic carbocycles. The van der Waals surface area contributed by atoms with Gasteiger partial charge in [-0.2, -0.15) is 0 Å². The van der Waals surface area contributed by atoms with Crippen molar-refractivity contribution in [1.29, 1.82) is 0 Å². The predicted molar refractivity (Wildman–Crippen MR) is 50.4 cm³/mol. The van der Waals surface area contributed by atoms with E-state index in [4.69, 9.17) is 21.0 Å². The summed E-state index contributed by atoms with van der Waals surface area (Å²) in [7, 11) is -3.62. The first-order chi connectivity index (χ1) is 5.49. The van der Waals surface area contributed by atoms with Gasteiger partial charge in [-0.25, -0.2) is 0 Å². The molecule has 3 N–H and O–H groups in total. The van der Waals surface area contributed by atoms with E-state index in [1.54, 1.807) is 18.2 Å². The minimum atomic E-state index is -3.62. The van der Waals surface area contributed by atoms with Crippen LogP contribution in [-0.2, 0) is 6.16 Å². The summed E-state index contributed by atoms with van der Waals surface area (Å²) in [5.41, 5.74) is 0.462. The molecule has 5 heteroatoms. The van der Waals surface area contributed by atoms with Gasteiger partial charge in [0.05, 0.1) is 0 Å². The molecule has 1 aromatic rings. The third-order valence-corrected chi connectivity index (χ3v) is 2.64. The summed E-state index contributed by atoms with van der Waals surface area (Å²) in [4.78, 5) is 17.9. The SMILES string of the molecule is Oc1ccccc1C[PH](O)(O)Cl. The molecule has 0 aromatic heterocycles. The number of benzene rings is 1. The monoisotopic (exact) mass is 208 g/mol. The average Bonchev–Trinajstić information content (AvgIpc) is 1.91. The molecule has 0 bridgehead atoms. The molecule has 3 nitrogen and oxygen atoms in total. The van der Waals surface area contributed by atoms with Crippen molar-refractivity contribution in [2.24, 2.45) is 0 Å². The molecule has 0 radical (unpaired) electrons. The van der Waals surface area contributed by atoms with Crippen LogP contribution in [0, 0.1) is 0 Å². The Balaban J connectivity index is 2.83. The first-order valence-corrected chi connectivity index (χ1v) is 6.51. The van der Waals surface area contributed by atoms with Gasteiger partial charge in [0.2, 0.25) is 0 Å². The van der Waals surface area contributed by atoms with E-state index in [-0.39, 0.29) is 11.9 Å². The molecule has 0 heterocycles. The van der Waals surface area contributed by atoms with E-state index in [9.17, 15) is 5.11 Å². The summed E-state index contributed by atoms with van der Waals surface area (Å²) < 4.78 is 0. The molecule has 68 valence electrons. The van der Waals surface area contributed by atoms with Crippen molar-refractivity contribution in [2.75, 3.05) is 0 Å². The molecule has 0 amide bonds. The summed E-state index contributed by atoms with van der Waals surface area (Å²) >= 11 is 5.28. The Morgan fingerprint density at radius 1 is 1.25 bits per heavy atom. The van der Waals surface area contributed by atoms with E-state index in [0.717, 1.165) is 0 Å². The van der Waals surface area contributed by atoms with Crippen LogP contribution in [0.4, 0.5) is 0 Å². The topological polar surface area (TPSA) is 60.7 Å². The van der Waals surface area contributed by atoms with Crippen molar-refractivity contribution in [3.8, 4) is 5.75 Å². The zero-order valence-corrected chi connectivity index (χ0v) is 7.99. The van der Waals surface area contributed by atoms with Crippen LogP contribution in [0.2, 0.25) is 0 Å². The van der Waals surface area contributed by atoms with Gasteiger partial charge < -0.3 is 0 Å². The fourth-order valence-electron chi connectivity index (χ4n) is 0.903.